The van der Waals surface area contributed by atoms with Gasteiger partial charge in [0.2, 0.25) is 11.8 Å². The van der Waals surface area contributed by atoms with E-state index in [-0.39, 0.29) is 11.8 Å². The van der Waals surface area contributed by atoms with E-state index in [0.717, 1.165) is 0 Å². The SMILES string of the molecule is O=C(O)c1ccccc1.O=C1CCC(=O)N1. The molecular formula is C11H11NO4. The minimum absolute atomic E-state index is 0.148. The summed E-state index contributed by atoms with van der Waals surface area (Å²) in [6.45, 7) is 0. The molecule has 1 saturated heterocycles. The number of carbonyl (C=O) groups is 3. The molecule has 5 heteroatoms. The smallest absolute Gasteiger partial charge is 0.335 e. The molecule has 0 spiro atoms. The number of carbonyl (C=O) groups excluding carboxylic acids is 2. The van der Waals surface area contributed by atoms with Gasteiger partial charge in [0.25, 0.3) is 0 Å². The molecule has 0 aliphatic carbocycles. The topological polar surface area (TPSA) is 83.5 Å². The van der Waals surface area contributed by atoms with Gasteiger partial charge in [0.05, 0.1) is 5.56 Å². The second kappa shape index (κ2) is 5.65. The monoisotopic (exact) mass is 221 g/mol. The zero-order valence-corrected chi connectivity index (χ0v) is 8.47. The van der Waals surface area contributed by atoms with E-state index in [1.807, 2.05) is 0 Å². The van der Waals surface area contributed by atoms with E-state index in [4.69, 9.17) is 5.11 Å². The number of benzene rings is 1. The molecule has 0 aromatic heterocycles. The van der Waals surface area contributed by atoms with Crippen LogP contribution < -0.4 is 5.32 Å². The second-order valence-corrected chi connectivity index (χ2v) is 3.14. The highest BCUT2D eigenvalue weighted by molar-refractivity contribution is 6.01. The minimum Gasteiger partial charge on any atom is -0.478 e. The molecule has 2 amide bonds. The van der Waals surface area contributed by atoms with Crippen molar-refractivity contribution in [2.45, 2.75) is 12.8 Å². The van der Waals surface area contributed by atoms with Gasteiger partial charge in [-0.3, -0.25) is 14.9 Å². The molecule has 1 heterocycles. The highest BCUT2D eigenvalue weighted by Crippen LogP contribution is 1.96. The molecule has 0 bridgehead atoms. The molecule has 1 aromatic carbocycles. The van der Waals surface area contributed by atoms with Gasteiger partial charge >= 0.3 is 5.97 Å². The van der Waals surface area contributed by atoms with E-state index in [1.165, 1.54) is 0 Å². The van der Waals surface area contributed by atoms with E-state index in [0.29, 0.717) is 18.4 Å². The van der Waals surface area contributed by atoms with Gasteiger partial charge in [-0.25, -0.2) is 4.79 Å². The fourth-order valence-corrected chi connectivity index (χ4v) is 1.09. The molecule has 5 nitrogen and oxygen atoms in total. The molecule has 0 unspecified atom stereocenters. The summed E-state index contributed by atoms with van der Waals surface area (Å²) in [5.74, 6) is -1.18. The van der Waals surface area contributed by atoms with Crippen LogP contribution in [-0.2, 0) is 9.59 Å². The summed E-state index contributed by atoms with van der Waals surface area (Å²) in [5.41, 5.74) is 0.331. The zero-order valence-electron chi connectivity index (χ0n) is 8.47. The molecule has 84 valence electrons. The summed E-state index contributed by atoms with van der Waals surface area (Å²) in [4.78, 5) is 30.4. The summed E-state index contributed by atoms with van der Waals surface area (Å²) < 4.78 is 0. The van der Waals surface area contributed by atoms with Gasteiger partial charge in [0.1, 0.15) is 0 Å². The van der Waals surface area contributed by atoms with Crippen LogP contribution in [0, 0.1) is 0 Å². The molecule has 0 saturated carbocycles. The predicted octanol–water partition coefficient (Wildman–Crippen LogP) is 0.808. The molecule has 1 fully saturated rings. The number of carboxylic acid groups (broad SMARTS) is 1. The number of aromatic carboxylic acids is 1. The Hall–Kier alpha value is -2.17. The second-order valence-electron chi connectivity index (χ2n) is 3.14. The molecular weight excluding hydrogens is 210 g/mol. The minimum atomic E-state index is -0.879. The van der Waals surface area contributed by atoms with Gasteiger partial charge in [-0.05, 0) is 12.1 Å². The van der Waals surface area contributed by atoms with Crippen LogP contribution in [-0.4, -0.2) is 22.9 Å². The maximum Gasteiger partial charge on any atom is 0.335 e. The molecule has 1 aliphatic heterocycles. The molecule has 2 rings (SSSR count). The van der Waals surface area contributed by atoms with Crippen molar-refractivity contribution in [2.24, 2.45) is 0 Å². The fraction of sp³-hybridized carbons (Fsp3) is 0.182. The molecule has 16 heavy (non-hydrogen) atoms. The Balaban J connectivity index is 0.000000165. The number of hydrogen-bond acceptors (Lipinski definition) is 3. The lowest BCUT2D eigenvalue weighted by Crippen LogP contribution is -2.18. The van der Waals surface area contributed by atoms with Gasteiger partial charge in [0.15, 0.2) is 0 Å². The molecule has 0 radical (unpaired) electrons. The van der Waals surface area contributed by atoms with E-state index in [2.05, 4.69) is 5.32 Å². The number of imide groups is 1. The summed E-state index contributed by atoms with van der Waals surface area (Å²) in [7, 11) is 0. The highest BCUT2D eigenvalue weighted by atomic mass is 16.4. The average Bonchev–Trinajstić information content (AvgIpc) is 2.65. The van der Waals surface area contributed by atoms with Gasteiger partial charge < -0.3 is 5.11 Å². The van der Waals surface area contributed by atoms with Crippen molar-refractivity contribution in [3.8, 4) is 0 Å². The van der Waals surface area contributed by atoms with Crippen molar-refractivity contribution in [1.82, 2.24) is 5.32 Å². The largest absolute Gasteiger partial charge is 0.478 e. The lowest BCUT2D eigenvalue weighted by atomic mass is 10.2. The maximum absolute atomic E-state index is 10.2. The third kappa shape index (κ3) is 3.91. The quantitative estimate of drug-likeness (QED) is 0.687. The van der Waals surface area contributed by atoms with Gasteiger partial charge in [0, 0.05) is 12.8 Å². The zero-order chi connectivity index (χ0) is 12.0. The van der Waals surface area contributed by atoms with E-state index < -0.39 is 5.97 Å². The standard InChI is InChI=1S/C7H6O2.C4H5NO2/c8-7(9)6-4-2-1-3-5-6;6-3-1-2-4(7)5-3/h1-5H,(H,8,9);1-2H2,(H,5,6,7). The van der Waals surface area contributed by atoms with Crippen LogP contribution in [0.15, 0.2) is 30.3 Å². The Morgan fingerprint density at radius 1 is 1.06 bits per heavy atom. The predicted molar refractivity (Wildman–Crippen MR) is 55.8 cm³/mol. The normalized spacial score (nSPS) is 13.8. The first-order chi connectivity index (χ1) is 7.59. The third-order valence-corrected chi connectivity index (χ3v) is 1.88. The summed E-state index contributed by atoms with van der Waals surface area (Å²) in [6, 6.07) is 8.30. The van der Waals surface area contributed by atoms with E-state index in [1.54, 1.807) is 30.3 Å². The summed E-state index contributed by atoms with van der Waals surface area (Å²) in [6.07, 6.45) is 0.748. The third-order valence-electron chi connectivity index (χ3n) is 1.88. The van der Waals surface area contributed by atoms with Crippen LogP contribution in [0.25, 0.3) is 0 Å². The molecule has 1 aliphatic rings. The van der Waals surface area contributed by atoms with Crippen LogP contribution in [0.4, 0.5) is 0 Å². The Morgan fingerprint density at radius 2 is 1.56 bits per heavy atom. The van der Waals surface area contributed by atoms with Crippen LogP contribution in [0.2, 0.25) is 0 Å². The first kappa shape index (κ1) is 11.9. The van der Waals surface area contributed by atoms with Crippen LogP contribution >= 0.6 is 0 Å². The van der Waals surface area contributed by atoms with Gasteiger partial charge in [-0.15, -0.1) is 0 Å². The van der Waals surface area contributed by atoms with Crippen LogP contribution in [0.3, 0.4) is 0 Å². The average molecular weight is 221 g/mol. The van der Waals surface area contributed by atoms with Crippen molar-refractivity contribution in [1.29, 1.82) is 0 Å². The van der Waals surface area contributed by atoms with Gasteiger partial charge in [-0.1, -0.05) is 18.2 Å². The Bertz CT molecular complexity index is 386. The number of hydrogen-bond donors (Lipinski definition) is 2. The van der Waals surface area contributed by atoms with Crippen LogP contribution in [0.1, 0.15) is 23.2 Å². The number of nitrogens with one attached hydrogen (secondary N) is 1. The van der Waals surface area contributed by atoms with Crippen molar-refractivity contribution in [3.05, 3.63) is 35.9 Å². The molecule has 1 aromatic rings. The summed E-state index contributed by atoms with van der Waals surface area (Å²) >= 11 is 0. The van der Waals surface area contributed by atoms with Crippen LogP contribution in [0.5, 0.6) is 0 Å². The summed E-state index contributed by atoms with van der Waals surface area (Å²) in [5, 5.41) is 10.5. The number of amides is 2. The first-order valence-corrected chi connectivity index (χ1v) is 4.70. The molecule has 2 N–H and O–H groups in total. The Labute approximate surface area is 92.1 Å². The lowest BCUT2D eigenvalue weighted by Gasteiger charge is -1.88. The van der Waals surface area contributed by atoms with E-state index >= 15 is 0 Å². The molecule has 0 atom stereocenters. The van der Waals surface area contributed by atoms with Crippen molar-refractivity contribution in [2.75, 3.05) is 0 Å². The number of rotatable bonds is 1. The maximum atomic E-state index is 10.2. The van der Waals surface area contributed by atoms with Gasteiger partial charge in [-0.2, -0.15) is 0 Å². The van der Waals surface area contributed by atoms with Crippen molar-refractivity contribution >= 4 is 17.8 Å². The Morgan fingerprint density at radius 3 is 1.81 bits per heavy atom. The fourth-order valence-electron chi connectivity index (χ4n) is 1.09. The lowest BCUT2D eigenvalue weighted by molar-refractivity contribution is -0.124. The first-order valence-electron chi connectivity index (χ1n) is 4.70. The number of carboxylic acids is 1. The van der Waals surface area contributed by atoms with Crippen molar-refractivity contribution < 1.29 is 19.5 Å². The highest BCUT2D eigenvalue weighted by Gasteiger charge is 2.15. The Kier molecular flexibility index (Phi) is 4.20. The van der Waals surface area contributed by atoms with E-state index in [9.17, 15) is 14.4 Å². The van der Waals surface area contributed by atoms with Crippen molar-refractivity contribution in [3.63, 3.8) is 0 Å².